The average molecular weight is 218 g/mol. The molecule has 0 spiro atoms. The van der Waals surface area contributed by atoms with Crippen LogP contribution in [0, 0.1) is 0 Å². The predicted molar refractivity (Wildman–Crippen MR) is 60.8 cm³/mol. The van der Waals surface area contributed by atoms with E-state index in [0.29, 0.717) is 5.88 Å². The van der Waals surface area contributed by atoms with E-state index >= 15 is 0 Å². The maximum Gasteiger partial charge on any atom is 0.0774 e. The largest absolute Gasteiger partial charge is 0.389 e. The van der Waals surface area contributed by atoms with E-state index in [1.165, 1.54) is 0 Å². The number of hydrogen-bond donors (Lipinski definition) is 1. The van der Waals surface area contributed by atoms with Crippen LogP contribution in [0.15, 0.2) is 12.2 Å². The average Bonchev–Trinajstić information content (AvgIpc) is 2.51. The van der Waals surface area contributed by atoms with Crippen LogP contribution in [0.2, 0.25) is 0 Å². The molecule has 1 aliphatic rings. The maximum absolute atomic E-state index is 10.1. The summed E-state index contributed by atoms with van der Waals surface area (Å²) in [5.74, 6) is 0.503. The molecule has 1 rings (SSSR count). The van der Waals surface area contributed by atoms with Gasteiger partial charge >= 0.3 is 0 Å². The maximum atomic E-state index is 10.1. The van der Waals surface area contributed by atoms with Crippen LogP contribution in [0.3, 0.4) is 0 Å². The summed E-state index contributed by atoms with van der Waals surface area (Å²) in [6, 6.07) is 0. The quantitative estimate of drug-likeness (QED) is 0.563. The predicted octanol–water partition coefficient (Wildman–Crippen LogP) is 2.02. The van der Waals surface area contributed by atoms with E-state index in [1.54, 1.807) is 0 Å². The Morgan fingerprint density at radius 2 is 2.07 bits per heavy atom. The molecule has 1 aliphatic carbocycles. The third-order valence-electron chi connectivity index (χ3n) is 2.78. The summed E-state index contributed by atoms with van der Waals surface area (Å²) in [5, 5.41) is 10.1. The van der Waals surface area contributed by atoms with Crippen molar-refractivity contribution in [3.05, 3.63) is 12.2 Å². The monoisotopic (exact) mass is 217 g/mol. The lowest BCUT2D eigenvalue weighted by atomic mass is 10.0. The summed E-state index contributed by atoms with van der Waals surface area (Å²) in [5.41, 5.74) is 0.553. The van der Waals surface area contributed by atoms with Crippen LogP contribution < -0.4 is 0 Å². The molecule has 1 N–H and O–H groups in total. The van der Waals surface area contributed by atoms with Crippen molar-refractivity contribution in [1.82, 2.24) is 4.90 Å². The second kappa shape index (κ2) is 5.15. The van der Waals surface area contributed by atoms with Gasteiger partial charge in [-0.2, -0.15) is 0 Å². The van der Waals surface area contributed by atoms with Crippen LogP contribution in [0.5, 0.6) is 0 Å². The zero-order valence-electron chi connectivity index (χ0n) is 8.93. The van der Waals surface area contributed by atoms with Crippen LogP contribution >= 0.6 is 11.6 Å². The fourth-order valence-corrected chi connectivity index (χ4v) is 2.26. The van der Waals surface area contributed by atoms with E-state index < -0.39 is 5.60 Å². The lowest BCUT2D eigenvalue weighted by molar-refractivity contribution is 0.0187. The fourth-order valence-electron chi connectivity index (χ4n) is 2.17. The molecular formula is C11H20ClNO. The highest BCUT2D eigenvalue weighted by atomic mass is 35.5. The van der Waals surface area contributed by atoms with Crippen LogP contribution in [0.1, 0.15) is 25.7 Å². The van der Waals surface area contributed by atoms with Crippen molar-refractivity contribution in [3.8, 4) is 0 Å². The zero-order valence-corrected chi connectivity index (χ0v) is 9.69. The Hall–Kier alpha value is -0.0500. The van der Waals surface area contributed by atoms with Crippen molar-refractivity contribution in [2.75, 3.05) is 26.0 Å². The highest BCUT2D eigenvalue weighted by molar-refractivity contribution is 6.19. The van der Waals surface area contributed by atoms with Gasteiger partial charge in [0.2, 0.25) is 0 Å². The Bertz CT molecular complexity index is 199. The third-order valence-corrected chi connectivity index (χ3v) is 3.16. The molecule has 0 atom stereocenters. The van der Waals surface area contributed by atoms with Crippen molar-refractivity contribution < 1.29 is 5.11 Å². The molecule has 82 valence electrons. The van der Waals surface area contributed by atoms with Crippen LogP contribution in [0.25, 0.3) is 0 Å². The Morgan fingerprint density at radius 1 is 1.50 bits per heavy atom. The molecular weight excluding hydrogens is 198 g/mol. The first-order valence-corrected chi connectivity index (χ1v) is 5.73. The minimum Gasteiger partial charge on any atom is -0.389 e. The van der Waals surface area contributed by atoms with Gasteiger partial charge in [0.25, 0.3) is 0 Å². The lowest BCUT2D eigenvalue weighted by Gasteiger charge is -2.28. The Labute approximate surface area is 91.6 Å². The second-order valence-corrected chi connectivity index (χ2v) is 4.75. The summed E-state index contributed by atoms with van der Waals surface area (Å²) in [6.45, 7) is 5.38. The number of alkyl halides is 1. The van der Waals surface area contributed by atoms with Crippen LogP contribution in [0.4, 0.5) is 0 Å². The van der Waals surface area contributed by atoms with Gasteiger partial charge in [0.1, 0.15) is 0 Å². The summed E-state index contributed by atoms with van der Waals surface area (Å²) in [4.78, 5) is 2.11. The molecule has 0 saturated heterocycles. The Kier molecular flexibility index (Phi) is 4.42. The molecule has 0 amide bonds. The fraction of sp³-hybridized carbons (Fsp3) is 0.818. The number of likely N-dealkylation sites (N-methyl/N-ethyl adjacent to an activating group) is 1. The molecule has 0 aromatic rings. The number of hydrogen-bond acceptors (Lipinski definition) is 2. The summed E-state index contributed by atoms with van der Waals surface area (Å²) < 4.78 is 0. The SMILES string of the molecule is C=C(CCl)CN(C)CC1(O)CCCC1. The summed E-state index contributed by atoms with van der Waals surface area (Å²) >= 11 is 5.66. The van der Waals surface area contributed by atoms with Crippen molar-refractivity contribution in [2.24, 2.45) is 0 Å². The first-order chi connectivity index (χ1) is 6.56. The van der Waals surface area contributed by atoms with Crippen molar-refractivity contribution in [3.63, 3.8) is 0 Å². The van der Waals surface area contributed by atoms with E-state index in [2.05, 4.69) is 11.5 Å². The lowest BCUT2D eigenvalue weighted by Crippen LogP contribution is -2.39. The highest BCUT2D eigenvalue weighted by Crippen LogP contribution is 2.29. The first kappa shape index (κ1) is 12.0. The second-order valence-electron chi connectivity index (χ2n) is 4.49. The minimum atomic E-state index is -0.457. The normalized spacial score (nSPS) is 20.3. The molecule has 0 aromatic heterocycles. The van der Waals surface area contributed by atoms with E-state index in [9.17, 15) is 5.11 Å². The topological polar surface area (TPSA) is 23.5 Å². The Morgan fingerprint density at radius 3 is 2.57 bits per heavy atom. The van der Waals surface area contributed by atoms with Gasteiger partial charge in [-0.15, -0.1) is 11.6 Å². The molecule has 1 fully saturated rings. The van der Waals surface area contributed by atoms with Crippen LogP contribution in [-0.2, 0) is 0 Å². The van der Waals surface area contributed by atoms with Crippen LogP contribution in [-0.4, -0.2) is 41.6 Å². The Balaban J connectivity index is 2.32. The van der Waals surface area contributed by atoms with E-state index in [0.717, 1.165) is 44.3 Å². The molecule has 0 aliphatic heterocycles. The summed E-state index contributed by atoms with van der Waals surface area (Å²) in [6.07, 6.45) is 4.18. The number of nitrogens with zero attached hydrogens (tertiary/aromatic N) is 1. The van der Waals surface area contributed by atoms with Gasteiger partial charge < -0.3 is 5.11 Å². The summed E-state index contributed by atoms with van der Waals surface area (Å²) in [7, 11) is 2.01. The molecule has 0 unspecified atom stereocenters. The highest BCUT2D eigenvalue weighted by Gasteiger charge is 2.31. The molecule has 0 aromatic carbocycles. The van der Waals surface area contributed by atoms with E-state index in [1.807, 2.05) is 7.05 Å². The van der Waals surface area contributed by atoms with Gasteiger partial charge in [0.15, 0.2) is 0 Å². The van der Waals surface area contributed by atoms with Gasteiger partial charge in [0, 0.05) is 19.0 Å². The smallest absolute Gasteiger partial charge is 0.0774 e. The van der Waals surface area contributed by atoms with Crippen molar-refractivity contribution in [1.29, 1.82) is 0 Å². The molecule has 3 heteroatoms. The van der Waals surface area contributed by atoms with Gasteiger partial charge in [-0.25, -0.2) is 0 Å². The molecule has 1 saturated carbocycles. The van der Waals surface area contributed by atoms with Gasteiger partial charge in [-0.05, 0) is 25.5 Å². The molecule has 2 nitrogen and oxygen atoms in total. The zero-order chi connectivity index (χ0) is 10.6. The molecule has 14 heavy (non-hydrogen) atoms. The standard InChI is InChI=1S/C11H20ClNO/c1-10(7-12)8-13(2)9-11(14)5-3-4-6-11/h14H,1,3-9H2,2H3. The molecule has 0 radical (unpaired) electrons. The number of halogens is 1. The number of aliphatic hydroxyl groups is 1. The minimum absolute atomic E-state index is 0.457. The van der Waals surface area contributed by atoms with E-state index in [-0.39, 0.29) is 0 Å². The first-order valence-electron chi connectivity index (χ1n) is 5.19. The van der Waals surface area contributed by atoms with Crippen molar-refractivity contribution in [2.45, 2.75) is 31.3 Å². The molecule has 0 bridgehead atoms. The van der Waals surface area contributed by atoms with Gasteiger partial charge in [-0.3, -0.25) is 4.90 Å². The third kappa shape index (κ3) is 3.60. The number of rotatable bonds is 5. The van der Waals surface area contributed by atoms with Gasteiger partial charge in [-0.1, -0.05) is 19.4 Å². The van der Waals surface area contributed by atoms with Gasteiger partial charge in [0.05, 0.1) is 5.60 Å². The van der Waals surface area contributed by atoms with Crippen molar-refractivity contribution >= 4 is 11.6 Å². The molecule has 0 heterocycles. The van der Waals surface area contributed by atoms with E-state index in [4.69, 9.17) is 11.6 Å².